The maximum absolute atomic E-state index is 11.9. The van der Waals surface area contributed by atoms with Crippen molar-refractivity contribution in [2.75, 3.05) is 10.6 Å². The molecule has 184 valence electrons. The summed E-state index contributed by atoms with van der Waals surface area (Å²) >= 11 is 5.43. The van der Waals surface area contributed by atoms with Gasteiger partial charge in [-0.05, 0) is 89.2 Å². The van der Waals surface area contributed by atoms with Gasteiger partial charge in [-0.2, -0.15) is 0 Å². The lowest BCUT2D eigenvalue weighted by Crippen LogP contribution is -2.32. The predicted octanol–water partition coefficient (Wildman–Crippen LogP) is 5.54. The molecule has 9 heteroatoms. The van der Waals surface area contributed by atoms with E-state index >= 15 is 0 Å². The number of benzene rings is 2. The number of hydrogen-bond acceptors (Lipinski definition) is 5. The first-order valence-corrected chi connectivity index (χ1v) is 11.4. The van der Waals surface area contributed by atoms with E-state index in [1.54, 1.807) is 0 Å². The van der Waals surface area contributed by atoms with E-state index in [-0.39, 0.29) is 0 Å². The SMILES string of the molecule is CC(C)(C)OC(=O)NCc1cccc(NC(=S)Nc2cccc(CNC(=O)OC(C)(C)C)c2)c1. The summed E-state index contributed by atoms with van der Waals surface area (Å²) in [5.74, 6) is 0. The minimum absolute atomic E-state index is 0.331. The van der Waals surface area contributed by atoms with E-state index in [1.807, 2.05) is 90.1 Å². The average molecular weight is 487 g/mol. The Morgan fingerprint density at radius 2 is 1.12 bits per heavy atom. The fourth-order valence-electron chi connectivity index (χ4n) is 2.79. The molecule has 0 fully saturated rings. The van der Waals surface area contributed by atoms with Crippen LogP contribution in [-0.2, 0) is 22.6 Å². The molecule has 34 heavy (non-hydrogen) atoms. The molecule has 0 saturated carbocycles. The third-order valence-corrected chi connectivity index (χ3v) is 4.25. The topological polar surface area (TPSA) is 101 Å². The van der Waals surface area contributed by atoms with Crippen molar-refractivity contribution in [2.45, 2.75) is 65.8 Å². The molecular formula is C25H34N4O4S. The quantitative estimate of drug-likeness (QED) is 0.398. The minimum atomic E-state index is -0.547. The van der Waals surface area contributed by atoms with Crippen LogP contribution in [0.15, 0.2) is 48.5 Å². The average Bonchev–Trinajstić information content (AvgIpc) is 2.69. The Balaban J connectivity index is 1.88. The second-order valence-corrected chi connectivity index (χ2v) is 10.1. The minimum Gasteiger partial charge on any atom is -0.444 e. The van der Waals surface area contributed by atoms with Crippen molar-refractivity contribution < 1.29 is 19.1 Å². The van der Waals surface area contributed by atoms with Crippen LogP contribution in [-0.4, -0.2) is 28.5 Å². The van der Waals surface area contributed by atoms with Crippen LogP contribution >= 0.6 is 12.2 Å². The second kappa shape index (κ2) is 11.7. The van der Waals surface area contributed by atoms with Crippen molar-refractivity contribution in [3.63, 3.8) is 0 Å². The van der Waals surface area contributed by atoms with Gasteiger partial charge in [0.15, 0.2) is 5.11 Å². The van der Waals surface area contributed by atoms with Gasteiger partial charge in [-0.1, -0.05) is 24.3 Å². The van der Waals surface area contributed by atoms with Crippen molar-refractivity contribution in [3.8, 4) is 0 Å². The van der Waals surface area contributed by atoms with E-state index in [0.717, 1.165) is 22.5 Å². The van der Waals surface area contributed by atoms with Gasteiger partial charge < -0.3 is 30.7 Å². The summed E-state index contributed by atoms with van der Waals surface area (Å²) in [6.07, 6.45) is -0.937. The van der Waals surface area contributed by atoms with Crippen molar-refractivity contribution in [3.05, 3.63) is 59.7 Å². The van der Waals surface area contributed by atoms with Crippen LogP contribution in [0.2, 0.25) is 0 Å². The van der Waals surface area contributed by atoms with Gasteiger partial charge in [0.2, 0.25) is 0 Å². The molecule has 0 spiro atoms. The number of alkyl carbamates (subject to hydrolysis) is 2. The number of rotatable bonds is 6. The summed E-state index contributed by atoms with van der Waals surface area (Å²) in [4.78, 5) is 23.7. The molecule has 2 rings (SSSR count). The molecule has 0 heterocycles. The summed E-state index contributed by atoms with van der Waals surface area (Å²) in [6.45, 7) is 11.6. The lowest BCUT2D eigenvalue weighted by molar-refractivity contribution is 0.0512. The van der Waals surface area contributed by atoms with E-state index in [4.69, 9.17) is 21.7 Å². The van der Waals surface area contributed by atoms with Crippen LogP contribution in [0, 0.1) is 0 Å². The maximum Gasteiger partial charge on any atom is 0.407 e. The van der Waals surface area contributed by atoms with E-state index in [2.05, 4.69) is 21.3 Å². The van der Waals surface area contributed by atoms with Gasteiger partial charge in [0, 0.05) is 24.5 Å². The first-order chi connectivity index (χ1) is 15.8. The van der Waals surface area contributed by atoms with Crippen molar-refractivity contribution in [1.82, 2.24) is 10.6 Å². The largest absolute Gasteiger partial charge is 0.444 e. The first kappa shape index (κ1) is 26.9. The van der Waals surface area contributed by atoms with Gasteiger partial charge in [0.25, 0.3) is 0 Å². The van der Waals surface area contributed by atoms with Crippen LogP contribution in [0.5, 0.6) is 0 Å². The highest BCUT2D eigenvalue weighted by molar-refractivity contribution is 7.80. The number of carbonyl (C=O) groups excluding carboxylic acids is 2. The van der Waals surface area contributed by atoms with Crippen molar-refractivity contribution in [1.29, 1.82) is 0 Å². The molecule has 0 unspecified atom stereocenters. The molecule has 2 aromatic carbocycles. The Morgan fingerprint density at radius 3 is 1.47 bits per heavy atom. The van der Waals surface area contributed by atoms with Crippen LogP contribution in [0.1, 0.15) is 52.7 Å². The molecule has 0 aliphatic rings. The van der Waals surface area contributed by atoms with Crippen molar-refractivity contribution in [2.24, 2.45) is 0 Å². The van der Waals surface area contributed by atoms with E-state index in [0.29, 0.717) is 18.2 Å². The molecule has 0 aliphatic heterocycles. The predicted molar refractivity (Wildman–Crippen MR) is 139 cm³/mol. The number of nitrogens with one attached hydrogen (secondary N) is 4. The highest BCUT2D eigenvalue weighted by Crippen LogP contribution is 2.15. The van der Waals surface area contributed by atoms with E-state index in [1.165, 1.54) is 0 Å². The van der Waals surface area contributed by atoms with Crippen molar-refractivity contribution >= 4 is 40.9 Å². The summed E-state index contributed by atoms with van der Waals surface area (Å²) < 4.78 is 10.5. The maximum atomic E-state index is 11.9. The number of thiocarbonyl (C=S) groups is 1. The molecule has 0 saturated heterocycles. The lowest BCUT2D eigenvalue weighted by Gasteiger charge is -2.20. The highest BCUT2D eigenvalue weighted by Gasteiger charge is 2.16. The van der Waals surface area contributed by atoms with Gasteiger partial charge in [-0.15, -0.1) is 0 Å². The molecule has 0 bridgehead atoms. The van der Waals surface area contributed by atoms with Gasteiger partial charge in [0.1, 0.15) is 11.2 Å². The Hall–Kier alpha value is -3.33. The molecule has 2 amide bonds. The van der Waals surface area contributed by atoms with Crippen LogP contribution in [0.25, 0.3) is 0 Å². The Labute approximate surface area is 206 Å². The van der Waals surface area contributed by atoms with Gasteiger partial charge in [-0.25, -0.2) is 9.59 Å². The molecule has 8 nitrogen and oxygen atoms in total. The third-order valence-electron chi connectivity index (χ3n) is 4.04. The third kappa shape index (κ3) is 11.0. The molecular weight excluding hydrogens is 452 g/mol. The molecule has 4 N–H and O–H groups in total. The smallest absolute Gasteiger partial charge is 0.407 e. The highest BCUT2D eigenvalue weighted by atomic mass is 32.1. The Kier molecular flexibility index (Phi) is 9.26. The van der Waals surface area contributed by atoms with Crippen LogP contribution < -0.4 is 21.3 Å². The second-order valence-electron chi connectivity index (χ2n) is 9.69. The van der Waals surface area contributed by atoms with Gasteiger partial charge in [-0.3, -0.25) is 0 Å². The zero-order valence-corrected chi connectivity index (χ0v) is 21.4. The van der Waals surface area contributed by atoms with E-state index in [9.17, 15) is 9.59 Å². The Morgan fingerprint density at radius 1 is 0.735 bits per heavy atom. The number of amides is 2. The number of hydrogen-bond donors (Lipinski definition) is 4. The summed E-state index contributed by atoms with van der Waals surface area (Å²) in [5, 5.41) is 12.2. The van der Waals surface area contributed by atoms with Crippen LogP contribution in [0.4, 0.5) is 21.0 Å². The zero-order valence-electron chi connectivity index (χ0n) is 20.6. The van der Waals surface area contributed by atoms with Gasteiger partial charge >= 0.3 is 12.2 Å². The normalized spacial score (nSPS) is 11.2. The summed E-state index contributed by atoms with van der Waals surface area (Å²) in [5.41, 5.74) is 2.26. The fraction of sp³-hybridized carbons (Fsp3) is 0.400. The Bertz CT molecular complexity index is 933. The molecule has 0 aliphatic carbocycles. The first-order valence-electron chi connectivity index (χ1n) is 11.0. The molecule has 0 radical (unpaired) electrons. The lowest BCUT2D eigenvalue weighted by atomic mass is 10.2. The van der Waals surface area contributed by atoms with E-state index < -0.39 is 23.4 Å². The monoisotopic (exact) mass is 486 g/mol. The molecule has 0 atom stereocenters. The standard InChI is InChI=1S/C25H34N4O4S/c1-24(2,3)32-22(30)26-15-17-9-7-11-19(13-17)28-21(34)29-20-12-8-10-18(14-20)16-27-23(31)33-25(4,5)6/h7-14H,15-16H2,1-6H3,(H,26,30)(H,27,31)(H2,28,29,34). The number of anilines is 2. The molecule has 2 aromatic rings. The summed E-state index contributed by atoms with van der Waals surface area (Å²) in [6, 6.07) is 15.1. The zero-order chi connectivity index (χ0) is 25.4. The summed E-state index contributed by atoms with van der Waals surface area (Å²) in [7, 11) is 0. The fourth-order valence-corrected chi connectivity index (χ4v) is 3.02. The molecule has 0 aromatic heterocycles. The van der Waals surface area contributed by atoms with Gasteiger partial charge in [0.05, 0.1) is 0 Å². The van der Waals surface area contributed by atoms with Crippen LogP contribution in [0.3, 0.4) is 0 Å². The number of ether oxygens (including phenoxy) is 2. The number of carbonyl (C=O) groups is 2.